The second-order valence-electron chi connectivity index (χ2n) is 21.8. The summed E-state index contributed by atoms with van der Waals surface area (Å²) in [4.78, 5) is 61.9. The van der Waals surface area contributed by atoms with Gasteiger partial charge in [0.05, 0.1) is 4.53 Å². The summed E-state index contributed by atoms with van der Waals surface area (Å²) >= 11 is 11.0. The number of hydrogen-bond acceptors (Lipinski definition) is 10. The Labute approximate surface area is 442 Å². The first-order chi connectivity index (χ1) is 34.3. The van der Waals surface area contributed by atoms with E-state index in [0.717, 1.165) is 77.3 Å². The number of nitrogens with zero attached hydrogens (tertiary/aromatic N) is 4. The molecule has 72 heavy (non-hydrogen) atoms. The number of thioether (sulfide) groups is 2. The van der Waals surface area contributed by atoms with Crippen LogP contribution in [-0.2, 0) is 22.7 Å². The number of hydrogen-bond donors (Lipinski definition) is 1. The van der Waals surface area contributed by atoms with Crippen molar-refractivity contribution in [3.8, 4) is 11.1 Å². The Hall–Kier alpha value is -5.25. The van der Waals surface area contributed by atoms with Crippen molar-refractivity contribution in [3.63, 3.8) is 0 Å². The molecule has 0 bridgehead atoms. The maximum atomic E-state index is 14.9. The third-order valence-corrected chi connectivity index (χ3v) is 19.2. The molecule has 1 saturated heterocycles. The zero-order valence-electron chi connectivity index (χ0n) is 42.0. The van der Waals surface area contributed by atoms with E-state index in [-0.39, 0.29) is 43.5 Å². The first-order valence-corrected chi connectivity index (χ1v) is 28.9. The van der Waals surface area contributed by atoms with Gasteiger partial charge < -0.3 is 10.0 Å². The topological polar surface area (TPSA) is 105 Å². The van der Waals surface area contributed by atoms with Crippen molar-refractivity contribution in [1.82, 2.24) is 14.0 Å². The summed E-state index contributed by atoms with van der Waals surface area (Å²) in [5.41, 5.74) is 10.5. The van der Waals surface area contributed by atoms with E-state index in [1.807, 2.05) is 12.1 Å². The van der Waals surface area contributed by atoms with Crippen molar-refractivity contribution >= 4 is 109 Å². The number of carbonyl (C=O) groups is 2. The van der Waals surface area contributed by atoms with E-state index >= 15 is 0 Å². The molecule has 1 saturated carbocycles. The fourth-order valence-electron chi connectivity index (χ4n) is 11.6. The predicted molar refractivity (Wildman–Crippen MR) is 304 cm³/mol. The van der Waals surface area contributed by atoms with Crippen LogP contribution in [0.5, 0.6) is 0 Å². The fraction of sp³-hybridized carbons (Fsp3) is 0.362. The number of thiazole rings is 2. The number of carboxylic acids is 1. The predicted octanol–water partition coefficient (Wildman–Crippen LogP) is 11.9. The van der Waals surface area contributed by atoms with Crippen LogP contribution >= 0.6 is 58.4 Å². The van der Waals surface area contributed by atoms with Gasteiger partial charge in [0.1, 0.15) is 29.6 Å². The molecule has 0 spiro atoms. The summed E-state index contributed by atoms with van der Waals surface area (Å²) in [5, 5.41) is 10.2. The number of anilines is 2. The molecule has 0 radical (unpaired) electrons. The average Bonchev–Trinajstić information content (AvgIpc) is 4.18. The van der Waals surface area contributed by atoms with E-state index in [1.165, 1.54) is 54.6 Å². The van der Waals surface area contributed by atoms with Crippen LogP contribution in [0.1, 0.15) is 114 Å². The fourth-order valence-corrected chi connectivity index (χ4v) is 15.8. The highest BCUT2D eigenvalue weighted by molar-refractivity contribution is 8.30. The van der Waals surface area contributed by atoms with Crippen LogP contribution in [-0.4, -0.2) is 54.2 Å². The van der Waals surface area contributed by atoms with Crippen molar-refractivity contribution in [2.24, 2.45) is 16.7 Å². The molecule has 9 nitrogen and oxygen atoms in total. The van der Waals surface area contributed by atoms with Gasteiger partial charge in [-0.3, -0.25) is 33.2 Å². The summed E-state index contributed by atoms with van der Waals surface area (Å²) in [6.45, 7) is 15.1. The lowest BCUT2D eigenvalue weighted by Crippen LogP contribution is -2.37. The molecule has 372 valence electrons. The van der Waals surface area contributed by atoms with Crippen LogP contribution < -0.4 is 25.2 Å². The lowest BCUT2D eigenvalue weighted by Gasteiger charge is -2.32. The molecule has 2 aliphatic heterocycles. The number of carbonyl (C=O) groups excluding carboxylic acids is 1. The van der Waals surface area contributed by atoms with Gasteiger partial charge in [0.15, 0.2) is 0 Å². The smallest absolute Gasteiger partial charge is 0.323 e. The zero-order valence-corrected chi connectivity index (χ0v) is 46.1. The SMILES string of the molecule is CCC(C)CN1C(=O)/C(=c2\s/c(=c3/s/c(=C\c4ccc5c(c4)C4CCCC4N5c4ccc5c(c4)/C(=C/c4ccc(SC)cc4)c4ccccc4-5)c(=O)n3CC(=O)O)c(=O)n2CC(C)(C)CC(C)(C)C)SC1=S. The van der Waals surface area contributed by atoms with Gasteiger partial charge in [-0.05, 0) is 135 Å². The number of thiocarbonyl (C=S) groups is 1. The molecule has 3 atom stereocenters. The van der Waals surface area contributed by atoms with E-state index in [0.29, 0.717) is 37.4 Å². The first kappa shape index (κ1) is 50.3. The molecule has 2 fully saturated rings. The highest BCUT2D eigenvalue weighted by Gasteiger charge is 2.43. The molecule has 4 aliphatic rings. The Morgan fingerprint density at radius 1 is 0.847 bits per heavy atom. The number of amides is 1. The zero-order chi connectivity index (χ0) is 51.0. The average molecular weight is 1050 g/mol. The number of carboxylic acid groups (broad SMARTS) is 1. The Morgan fingerprint density at radius 2 is 1.57 bits per heavy atom. The quantitative estimate of drug-likeness (QED) is 0.0946. The first-order valence-electron chi connectivity index (χ1n) is 24.8. The van der Waals surface area contributed by atoms with Gasteiger partial charge in [0, 0.05) is 41.3 Å². The van der Waals surface area contributed by atoms with Gasteiger partial charge in [0.25, 0.3) is 17.0 Å². The highest BCUT2D eigenvalue weighted by atomic mass is 32.2. The number of fused-ring (bicyclic) bond motifs is 6. The molecular formula is C58H60N4O5S5. The monoisotopic (exact) mass is 1050 g/mol. The number of aliphatic carboxylic acids is 1. The molecule has 4 aromatic carbocycles. The molecule has 10 rings (SSSR count). The van der Waals surface area contributed by atoms with Crippen LogP contribution in [0.4, 0.5) is 11.4 Å². The largest absolute Gasteiger partial charge is 0.480 e. The molecule has 2 aliphatic carbocycles. The lowest BCUT2D eigenvalue weighted by molar-refractivity contribution is -0.137. The van der Waals surface area contributed by atoms with Crippen molar-refractivity contribution in [3.05, 3.63) is 152 Å². The van der Waals surface area contributed by atoms with E-state index in [2.05, 4.69) is 145 Å². The van der Waals surface area contributed by atoms with Gasteiger partial charge in [-0.25, -0.2) is 0 Å². The van der Waals surface area contributed by atoms with Gasteiger partial charge in [-0.1, -0.05) is 134 Å². The molecule has 4 heterocycles. The third-order valence-electron chi connectivity index (χ3n) is 14.4. The van der Waals surface area contributed by atoms with Crippen molar-refractivity contribution in [1.29, 1.82) is 0 Å². The summed E-state index contributed by atoms with van der Waals surface area (Å²) in [5.74, 6) is -0.900. The maximum Gasteiger partial charge on any atom is 0.323 e. The molecule has 14 heteroatoms. The number of rotatable bonds is 12. The Kier molecular flexibility index (Phi) is 13.7. The number of aromatic nitrogens is 2. The molecule has 1 amide bonds. The minimum atomic E-state index is -1.19. The molecule has 1 N–H and O–H groups in total. The number of benzene rings is 4. The van der Waals surface area contributed by atoms with Gasteiger partial charge in [0.2, 0.25) is 0 Å². The van der Waals surface area contributed by atoms with E-state index in [4.69, 9.17) is 12.2 Å². The van der Waals surface area contributed by atoms with Gasteiger partial charge in [-0.15, -0.1) is 34.4 Å². The second-order valence-corrected chi connectivity index (χ2v) is 26.3. The molecule has 6 aromatic rings. The second kappa shape index (κ2) is 19.5. The minimum Gasteiger partial charge on any atom is -0.480 e. The van der Waals surface area contributed by atoms with Crippen LogP contribution in [0.2, 0.25) is 0 Å². The third kappa shape index (κ3) is 9.46. The lowest BCUT2D eigenvalue weighted by atomic mass is 9.76. The van der Waals surface area contributed by atoms with Crippen molar-refractivity contribution in [2.75, 3.05) is 17.7 Å². The summed E-state index contributed by atoms with van der Waals surface area (Å²) in [7, 11) is 0. The Bertz CT molecular complexity index is 3590. The van der Waals surface area contributed by atoms with Crippen LogP contribution in [0, 0.1) is 25.9 Å². The van der Waals surface area contributed by atoms with Crippen molar-refractivity contribution < 1.29 is 14.7 Å². The Balaban J connectivity index is 1.09. The normalized spacial score (nSPS) is 19.9. The van der Waals surface area contributed by atoms with Crippen LogP contribution in [0.15, 0.2) is 99.4 Å². The van der Waals surface area contributed by atoms with Crippen LogP contribution in [0.3, 0.4) is 0 Å². The summed E-state index contributed by atoms with van der Waals surface area (Å²) < 4.78 is 4.64. The summed E-state index contributed by atoms with van der Waals surface area (Å²) in [6, 6.07) is 31.0. The van der Waals surface area contributed by atoms with E-state index in [1.54, 1.807) is 21.2 Å². The molecule has 3 unspecified atom stereocenters. The maximum absolute atomic E-state index is 14.9. The van der Waals surface area contributed by atoms with Crippen LogP contribution in [0.25, 0.3) is 33.8 Å². The molecule has 2 aromatic heterocycles. The van der Waals surface area contributed by atoms with Gasteiger partial charge >= 0.3 is 5.97 Å². The minimum absolute atomic E-state index is 0.0431. The van der Waals surface area contributed by atoms with Crippen molar-refractivity contribution in [2.45, 2.75) is 111 Å². The van der Waals surface area contributed by atoms with E-state index < -0.39 is 18.1 Å². The van der Waals surface area contributed by atoms with E-state index in [9.17, 15) is 24.3 Å². The highest BCUT2D eigenvalue weighted by Crippen LogP contribution is 2.54. The standard InChI is InChI=1S/C58H60N4O5S5/c1-9-33(2)29-60-52(66)50(72-56(60)68)55-61(32-58(6,7)31-57(3,4)5)53(67)49(71-55)54-59(30-48(63)64)51(65)47(70-54)27-35-19-24-46-44(26-35)41-15-12-16-45(41)62(46)36-20-23-40-38-13-10-11-14-39(38)42(43(40)28-36)25-34-17-21-37(69-8)22-18-34/h10-11,13-14,17-28,33,41,45H,9,12,15-16,29-32H2,1-8H3,(H,63,64)/b42-25+,47-27-,54-49+,55-50+. The van der Waals surface area contributed by atoms with Gasteiger partial charge in [-0.2, -0.15) is 0 Å². The summed E-state index contributed by atoms with van der Waals surface area (Å²) in [6.07, 6.45) is 11.1. The molecular weight excluding hydrogens is 993 g/mol. The Morgan fingerprint density at radius 3 is 2.28 bits per heavy atom.